The van der Waals surface area contributed by atoms with Gasteiger partial charge in [-0.05, 0) is 42.6 Å². The number of aliphatic hydroxyl groups excluding tert-OH is 1. The van der Waals surface area contributed by atoms with E-state index < -0.39 is 46.8 Å². The van der Waals surface area contributed by atoms with Crippen molar-refractivity contribution in [2.45, 2.75) is 51.7 Å². The van der Waals surface area contributed by atoms with Crippen LogP contribution in [0.4, 0.5) is 0 Å². The Labute approximate surface area is 163 Å². The summed E-state index contributed by atoms with van der Waals surface area (Å²) in [7, 11) is 1.32. The van der Waals surface area contributed by atoms with Gasteiger partial charge in [0.05, 0.1) is 31.5 Å². The van der Waals surface area contributed by atoms with Crippen LogP contribution in [0.25, 0.3) is 0 Å². The molecule has 1 aromatic rings. The maximum absolute atomic E-state index is 13.2. The van der Waals surface area contributed by atoms with Gasteiger partial charge in [-0.2, -0.15) is 0 Å². The van der Waals surface area contributed by atoms with Crippen LogP contribution in [0.5, 0.6) is 0 Å². The largest absolute Gasteiger partial charge is 0.472 e. The normalized spacial score (nSPS) is 42.9. The standard InChI is InChI=1S/C21H26O7/c1-20-6-4-12-19(25)28-15(11-5-7-27-10-11)9-21(12,2)17(20)16(23)14(22)8-13(20)18(24)26-3/h5,7,10,12-15,17,22H,4,6,8-9H2,1-3H3/t12-,13?,14-,15-,17?,20-,21-/m0/s1. The SMILES string of the molecule is COC(=O)C1C[C@H](O)C(=O)C2[C@@]1(C)CC[C@H]1C(=O)O[C@H](c3ccoc3)C[C@]21C. The van der Waals surface area contributed by atoms with Crippen LogP contribution in [0.1, 0.15) is 51.2 Å². The molecule has 2 aliphatic carbocycles. The molecule has 1 N–H and O–H groups in total. The lowest BCUT2D eigenvalue weighted by Crippen LogP contribution is -2.64. The van der Waals surface area contributed by atoms with Gasteiger partial charge >= 0.3 is 11.9 Å². The molecule has 3 fully saturated rings. The first-order valence-corrected chi connectivity index (χ1v) is 9.74. The number of carbonyl (C=O) groups is 3. The molecule has 0 amide bonds. The zero-order valence-corrected chi connectivity index (χ0v) is 16.3. The van der Waals surface area contributed by atoms with E-state index in [1.54, 1.807) is 12.3 Å². The Hall–Kier alpha value is -2.15. The number of carbonyl (C=O) groups excluding carboxylic acids is 3. The van der Waals surface area contributed by atoms with E-state index in [1.165, 1.54) is 13.4 Å². The number of fused-ring (bicyclic) bond motifs is 3. The molecule has 1 aliphatic heterocycles. The number of Topliss-reactive ketones (excluding diaryl/α,β-unsaturated/α-hetero) is 1. The molecular weight excluding hydrogens is 364 g/mol. The molecule has 28 heavy (non-hydrogen) atoms. The summed E-state index contributed by atoms with van der Waals surface area (Å²) in [5.41, 5.74) is -0.656. The number of furan rings is 1. The number of esters is 2. The van der Waals surface area contributed by atoms with Crippen LogP contribution in [-0.4, -0.2) is 36.0 Å². The lowest BCUT2D eigenvalue weighted by molar-refractivity contribution is -0.207. The van der Waals surface area contributed by atoms with Crippen LogP contribution in [-0.2, 0) is 23.9 Å². The molecule has 7 nitrogen and oxygen atoms in total. The van der Waals surface area contributed by atoms with Gasteiger partial charge in [-0.25, -0.2) is 0 Å². The minimum atomic E-state index is -1.23. The van der Waals surface area contributed by atoms with Gasteiger partial charge in [0.15, 0.2) is 5.78 Å². The summed E-state index contributed by atoms with van der Waals surface area (Å²) in [6.07, 6.45) is 2.88. The van der Waals surface area contributed by atoms with Crippen LogP contribution in [0, 0.1) is 28.6 Å². The fourth-order valence-corrected chi connectivity index (χ4v) is 6.17. The minimum absolute atomic E-state index is 0.0643. The summed E-state index contributed by atoms with van der Waals surface area (Å²) in [4.78, 5) is 38.6. The third kappa shape index (κ3) is 2.55. The highest BCUT2D eigenvalue weighted by atomic mass is 16.5. The van der Waals surface area contributed by atoms with E-state index in [9.17, 15) is 19.5 Å². The van der Waals surface area contributed by atoms with Crippen LogP contribution in [0.2, 0.25) is 0 Å². The van der Waals surface area contributed by atoms with Gasteiger partial charge in [0.25, 0.3) is 0 Å². The lowest BCUT2D eigenvalue weighted by Gasteiger charge is -2.60. The Kier molecular flexibility index (Phi) is 4.41. The summed E-state index contributed by atoms with van der Waals surface area (Å²) >= 11 is 0. The van der Waals surface area contributed by atoms with Crippen molar-refractivity contribution >= 4 is 17.7 Å². The van der Waals surface area contributed by atoms with Crippen molar-refractivity contribution in [1.29, 1.82) is 0 Å². The average Bonchev–Trinajstić information content (AvgIpc) is 3.18. The number of hydrogen-bond donors (Lipinski definition) is 1. The molecule has 2 heterocycles. The molecule has 4 rings (SSSR count). The maximum Gasteiger partial charge on any atom is 0.310 e. The third-order valence-electron chi connectivity index (χ3n) is 7.52. The van der Waals surface area contributed by atoms with Crippen molar-refractivity contribution < 1.29 is 33.4 Å². The third-order valence-corrected chi connectivity index (χ3v) is 7.52. The molecule has 0 spiro atoms. The van der Waals surface area contributed by atoms with E-state index in [4.69, 9.17) is 13.9 Å². The quantitative estimate of drug-likeness (QED) is 0.774. The molecule has 1 aromatic heterocycles. The summed E-state index contributed by atoms with van der Waals surface area (Å²) < 4.78 is 15.8. The molecule has 0 radical (unpaired) electrons. The molecule has 2 saturated carbocycles. The van der Waals surface area contributed by atoms with E-state index in [0.717, 1.165) is 5.56 Å². The number of rotatable bonds is 2. The highest BCUT2D eigenvalue weighted by Crippen LogP contribution is 2.64. The minimum Gasteiger partial charge on any atom is -0.472 e. The van der Waals surface area contributed by atoms with Gasteiger partial charge in [-0.1, -0.05) is 13.8 Å². The predicted molar refractivity (Wildman–Crippen MR) is 95.7 cm³/mol. The average molecular weight is 390 g/mol. The van der Waals surface area contributed by atoms with Crippen molar-refractivity contribution in [3.05, 3.63) is 24.2 Å². The highest BCUT2D eigenvalue weighted by molar-refractivity contribution is 5.91. The van der Waals surface area contributed by atoms with Gasteiger partial charge < -0.3 is 19.0 Å². The van der Waals surface area contributed by atoms with Crippen molar-refractivity contribution in [2.75, 3.05) is 7.11 Å². The number of hydrogen-bond acceptors (Lipinski definition) is 7. The fourth-order valence-electron chi connectivity index (χ4n) is 6.17. The molecule has 1 saturated heterocycles. The van der Waals surface area contributed by atoms with E-state index in [1.807, 2.05) is 13.8 Å². The van der Waals surface area contributed by atoms with E-state index in [0.29, 0.717) is 19.3 Å². The molecule has 2 unspecified atom stereocenters. The number of cyclic esters (lactones) is 1. The second-order valence-corrected chi connectivity index (χ2v) is 8.95. The van der Waals surface area contributed by atoms with Crippen LogP contribution >= 0.6 is 0 Å². The summed E-state index contributed by atoms with van der Waals surface area (Å²) in [6, 6.07) is 1.75. The Bertz CT molecular complexity index is 800. The smallest absolute Gasteiger partial charge is 0.310 e. The summed E-state index contributed by atoms with van der Waals surface area (Å²) in [5, 5.41) is 10.5. The predicted octanol–water partition coefficient (Wildman–Crippen LogP) is 2.43. The first-order chi connectivity index (χ1) is 13.2. The van der Waals surface area contributed by atoms with Crippen LogP contribution in [0.3, 0.4) is 0 Å². The van der Waals surface area contributed by atoms with E-state index >= 15 is 0 Å². The molecule has 0 bridgehead atoms. The van der Waals surface area contributed by atoms with Gasteiger partial charge in [-0.15, -0.1) is 0 Å². The molecule has 3 aliphatic rings. The van der Waals surface area contributed by atoms with Gasteiger partial charge in [0, 0.05) is 11.5 Å². The van der Waals surface area contributed by atoms with Crippen LogP contribution in [0.15, 0.2) is 23.0 Å². The van der Waals surface area contributed by atoms with Crippen LogP contribution < -0.4 is 0 Å². The second-order valence-electron chi connectivity index (χ2n) is 8.95. The number of aliphatic hydroxyl groups is 1. The van der Waals surface area contributed by atoms with Crippen molar-refractivity contribution in [3.63, 3.8) is 0 Å². The lowest BCUT2D eigenvalue weighted by atomic mass is 9.43. The number of ketones is 1. The second kappa shape index (κ2) is 6.44. The Morgan fingerprint density at radius 3 is 2.68 bits per heavy atom. The van der Waals surface area contributed by atoms with Crippen molar-refractivity contribution in [1.82, 2.24) is 0 Å². The molecule has 152 valence electrons. The molecule has 0 aromatic carbocycles. The maximum atomic E-state index is 13.2. The first-order valence-electron chi connectivity index (χ1n) is 9.74. The molecular formula is C21H26O7. The number of methoxy groups -OCH3 is 1. The topological polar surface area (TPSA) is 103 Å². The van der Waals surface area contributed by atoms with Gasteiger partial charge in [-0.3, -0.25) is 14.4 Å². The Morgan fingerprint density at radius 2 is 2.04 bits per heavy atom. The van der Waals surface area contributed by atoms with Gasteiger partial charge in [0.1, 0.15) is 12.2 Å². The number of ether oxygens (including phenoxy) is 2. The fraction of sp³-hybridized carbons (Fsp3) is 0.667. The zero-order valence-electron chi connectivity index (χ0n) is 16.3. The van der Waals surface area contributed by atoms with Gasteiger partial charge in [0.2, 0.25) is 0 Å². The summed E-state index contributed by atoms with van der Waals surface area (Å²) in [5.74, 6) is -2.68. The molecule has 7 heteroatoms. The van der Waals surface area contributed by atoms with E-state index in [2.05, 4.69) is 0 Å². The Morgan fingerprint density at radius 1 is 1.29 bits per heavy atom. The Balaban J connectivity index is 1.79. The van der Waals surface area contributed by atoms with Crippen molar-refractivity contribution in [3.8, 4) is 0 Å². The monoisotopic (exact) mass is 390 g/mol. The van der Waals surface area contributed by atoms with Crippen molar-refractivity contribution in [2.24, 2.45) is 28.6 Å². The molecule has 7 atom stereocenters. The first kappa shape index (κ1) is 19.2. The zero-order chi connectivity index (χ0) is 20.3. The van der Waals surface area contributed by atoms with E-state index in [-0.39, 0.29) is 18.2 Å². The summed E-state index contributed by atoms with van der Waals surface area (Å²) in [6.45, 7) is 3.86. The highest BCUT2D eigenvalue weighted by Gasteiger charge is 2.67.